The molecule has 2 aromatic heterocycles. The third-order valence-corrected chi connectivity index (χ3v) is 2.40. The van der Waals surface area contributed by atoms with Crippen molar-refractivity contribution in [3.05, 3.63) is 18.5 Å². The molecule has 0 saturated heterocycles. The van der Waals surface area contributed by atoms with Crippen LogP contribution in [0.15, 0.2) is 18.5 Å². The summed E-state index contributed by atoms with van der Waals surface area (Å²) >= 11 is 0. The third-order valence-electron chi connectivity index (χ3n) is 2.40. The number of nitrogens with one attached hydrogen (secondary N) is 1. The normalized spacial score (nSPS) is 12.6. The molecule has 1 unspecified atom stereocenters. The molecule has 0 spiro atoms. The summed E-state index contributed by atoms with van der Waals surface area (Å²) in [6.45, 7) is 1.57. The number of rotatable bonds is 3. The number of carbonyl (C=O) groups is 1. The molecule has 6 nitrogen and oxygen atoms in total. The van der Waals surface area contributed by atoms with Gasteiger partial charge < -0.3 is 15.0 Å². The molecule has 84 valence electrons. The van der Waals surface area contributed by atoms with Gasteiger partial charge in [-0.1, -0.05) is 0 Å². The summed E-state index contributed by atoms with van der Waals surface area (Å²) in [5.41, 5.74) is 1.65. The Morgan fingerprint density at radius 1 is 1.62 bits per heavy atom. The zero-order valence-electron chi connectivity index (χ0n) is 9.01. The Labute approximate surface area is 91.9 Å². The van der Waals surface area contributed by atoms with Crippen LogP contribution in [-0.2, 0) is 11.8 Å². The zero-order valence-corrected chi connectivity index (χ0v) is 9.01. The molecule has 2 aromatic rings. The first-order chi connectivity index (χ1) is 7.59. The van der Waals surface area contributed by atoms with Crippen molar-refractivity contribution in [3.63, 3.8) is 0 Å². The van der Waals surface area contributed by atoms with E-state index in [2.05, 4.69) is 15.3 Å². The number of aryl methyl sites for hydroxylation is 1. The average Bonchev–Trinajstić information content (AvgIpc) is 2.56. The summed E-state index contributed by atoms with van der Waals surface area (Å²) in [6.07, 6.45) is 3.35. The molecule has 0 aliphatic heterocycles. The van der Waals surface area contributed by atoms with E-state index in [-0.39, 0.29) is 0 Å². The molecule has 1 atom stereocenters. The molecule has 2 rings (SSSR count). The molecule has 2 N–H and O–H groups in total. The third kappa shape index (κ3) is 1.69. The van der Waals surface area contributed by atoms with Crippen LogP contribution >= 0.6 is 0 Å². The number of carboxylic acid groups (broad SMARTS) is 1. The molecule has 0 radical (unpaired) electrons. The minimum atomic E-state index is -0.912. The summed E-state index contributed by atoms with van der Waals surface area (Å²) in [6, 6.07) is 1.11. The zero-order chi connectivity index (χ0) is 11.7. The van der Waals surface area contributed by atoms with Gasteiger partial charge in [-0.3, -0.25) is 9.78 Å². The lowest BCUT2D eigenvalue weighted by Crippen LogP contribution is -2.26. The lowest BCUT2D eigenvalue weighted by Gasteiger charge is -2.09. The minimum absolute atomic E-state index is 0.526. The maximum absolute atomic E-state index is 10.7. The second kappa shape index (κ2) is 3.80. The van der Waals surface area contributed by atoms with E-state index in [1.807, 2.05) is 7.05 Å². The fraction of sp³-hybridized carbons (Fsp3) is 0.300. The van der Waals surface area contributed by atoms with Crippen molar-refractivity contribution in [2.45, 2.75) is 13.0 Å². The molecule has 0 amide bonds. The molecule has 0 bridgehead atoms. The van der Waals surface area contributed by atoms with Crippen molar-refractivity contribution >= 4 is 23.0 Å². The van der Waals surface area contributed by atoms with Crippen LogP contribution in [0.3, 0.4) is 0 Å². The monoisotopic (exact) mass is 220 g/mol. The van der Waals surface area contributed by atoms with E-state index in [1.54, 1.807) is 30.0 Å². The number of aliphatic carboxylic acids is 1. The van der Waals surface area contributed by atoms with E-state index in [1.165, 1.54) is 0 Å². The van der Waals surface area contributed by atoms with E-state index in [0.29, 0.717) is 5.95 Å². The van der Waals surface area contributed by atoms with Gasteiger partial charge in [0.05, 0.1) is 17.2 Å². The number of hydrogen-bond acceptors (Lipinski definition) is 4. The van der Waals surface area contributed by atoms with Gasteiger partial charge in [-0.15, -0.1) is 0 Å². The highest BCUT2D eigenvalue weighted by Gasteiger charge is 2.14. The first-order valence-corrected chi connectivity index (χ1v) is 4.85. The second-order valence-electron chi connectivity index (χ2n) is 3.56. The van der Waals surface area contributed by atoms with Crippen molar-refractivity contribution < 1.29 is 9.90 Å². The van der Waals surface area contributed by atoms with E-state index in [0.717, 1.165) is 11.0 Å². The lowest BCUT2D eigenvalue weighted by atomic mass is 10.3. The highest BCUT2D eigenvalue weighted by molar-refractivity contribution is 5.80. The van der Waals surface area contributed by atoms with Crippen molar-refractivity contribution in [2.75, 3.05) is 5.32 Å². The molecular weight excluding hydrogens is 208 g/mol. The highest BCUT2D eigenvalue weighted by Crippen LogP contribution is 2.16. The molecular formula is C10H12N4O2. The number of imidazole rings is 1. The van der Waals surface area contributed by atoms with Crippen molar-refractivity contribution in [1.82, 2.24) is 14.5 Å². The van der Waals surface area contributed by atoms with Crippen molar-refractivity contribution in [2.24, 2.45) is 7.05 Å². The predicted octanol–water partition coefficient (Wildman–Crippen LogP) is 0.853. The smallest absolute Gasteiger partial charge is 0.325 e. The van der Waals surface area contributed by atoms with E-state index >= 15 is 0 Å². The van der Waals surface area contributed by atoms with Crippen molar-refractivity contribution in [3.8, 4) is 0 Å². The second-order valence-corrected chi connectivity index (χ2v) is 3.56. The number of hydrogen-bond donors (Lipinski definition) is 2. The van der Waals surface area contributed by atoms with Crippen LogP contribution in [0.25, 0.3) is 11.0 Å². The summed E-state index contributed by atoms with van der Waals surface area (Å²) in [7, 11) is 1.81. The van der Waals surface area contributed by atoms with Gasteiger partial charge in [0.2, 0.25) is 5.95 Å². The first-order valence-electron chi connectivity index (χ1n) is 4.85. The highest BCUT2D eigenvalue weighted by atomic mass is 16.4. The fourth-order valence-electron chi connectivity index (χ4n) is 1.42. The average molecular weight is 220 g/mol. The molecule has 0 aromatic carbocycles. The van der Waals surface area contributed by atoms with Crippen LogP contribution < -0.4 is 5.32 Å². The Kier molecular flexibility index (Phi) is 2.47. The fourth-order valence-corrected chi connectivity index (χ4v) is 1.42. The number of anilines is 1. The van der Waals surface area contributed by atoms with Crippen LogP contribution in [0.5, 0.6) is 0 Å². The van der Waals surface area contributed by atoms with Crippen LogP contribution in [0, 0.1) is 0 Å². The number of fused-ring (bicyclic) bond motifs is 1. The molecule has 0 aliphatic rings. The molecule has 0 aliphatic carbocycles. The van der Waals surface area contributed by atoms with Crippen LogP contribution in [0.4, 0.5) is 5.95 Å². The Morgan fingerprint density at radius 2 is 2.38 bits per heavy atom. The molecule has 0 saturated carbocycles. The number of aromatic nitrogens is 3. The van der Waals surface area contributed by atoms with Gasteiger partial charge >= 0.3 is 5.97 Å². The van der Waals surface area contributed by atoms with E-state index in [9.17, 15) is 4.79 Å². The van der Waals surface area contributed by atoms with Crippen molar-refractivity contribution in [1.29, 1.82) is 0 Å². The maximum atomic E-state index is 10.7. The van der Waals surface area contributed by atoms with E-state index in [4.69, 9.17) is 5.11 Å². The molecule has 0 fully saturated rings. The minimum Gasteiger partial charge on any atom is -0.480 e. The maximum Gasteiger partial charge on any atom is 0.325 e. The molecule has 16 heavy (non-hydrogen) atoms. The summed E-state index contributed by atoms with van der Waals surface area (Å²) < 4.78 is 1.78. The summed E-state index contributed by atoms with van der Waals surface area (Å²) in [4.78, 5) is 19.0. The van der Waals surface area contributed by atoms with Gasteiger partial charge in [0.1, 0.15) is 6.04 Å². The predicted molar refractivity (Wildman–Crippen MR) is 59.2 cm³/mol. The van der Waals surface area contributed by atoms with Gasteiger partial charge in [0.15, 0.2) is 0 Å². The Balaban J connectivity index is 2.38. The van der Waals surface area contributed by atoms with Gasteiger partial charge in [-0.25, -0.2) is 4.98 Å². The Hall–Kier alpha value is -2.11. The summed E-state index contributed by atoms with van der Waals surface area (Å²) in [5, 5.41) is 11.6. The quantitative estimate of drug-likeness (QED) is 0.801. The van der Waals surface area contributed by atoms with Crippen LogP contribution in [0.2, 0.25) is 0 Å². The Morgan fingerprint density at radius 3 is 3.00 bits per heavy atom. The molecule has 6 heteroatoms. The number of pyridine rings is 1. The van der Waals surface area contributed by atoms with Crippen LogP contribution in [0.1, 0.15) is 6.92 Å². The topological polar surface area (TPSA) is 80.0 Å². The first kappa shape index (κ1) is 10.4. The Bertz CT molecular complexity index is 535. The lowest BCUT2D eigenvalue weighted by molar-refractivity contribution is -0.137. The van der Waals surface area contributed by atoms with Gasteiger partial charge in [-0.2, -0.15) is 0 Å². The number of carboxylic acids is 1. The van der Waals surface area contributed by atoms with Crippen LogP contribution in [-0.4, -0.2) is 31.7 Å². The number of nitrogens with zero attached hydrogens (tertiary/aromatic N) is 3. The standard InChI is InChI=1S/C10H12N4O2/c1-6(9(15)16)12-10-13-7-3-4-11-5-8(7)14(10)2/h3-6H,1-2H3,(H,12,13)(H,15,16). The largest absolute Gasteiger partial charge is 0.480 e. The van der Waals surface area contributed by atoms with Gasteiger partial charge in [-0.05, 0) is 13.0 Å². The van der Waals surface area contributed by atoms with E-state index < -0.39 is 12.0 Å². The summed E-state index contributed by atoms with van der Waals surface area (Å²) in [5.74, 6) is -0.386. The SMILES string of the molecule is CC(Nc1nc2ccncc2n1C)C(=O)O. The molecule has 2 heterocycles. The van der Waals surface area contributed by atoms with Gasteiger partial charge in [0.25, 0.3) is 0 Å². The van der Waals surface area contributed by atoms with Gasteiger partial charge in [0, 0.05) is 13.2 Å².